The number of amides is 1. The predicted octanol–water partition coefficient (Wildman–Crippen LogP) is 4.53. The van der Waals surface area contributed by atoms with Crippen molar-refractivity contribution in [1.29, 1.82) is 5.26 Å². The van der Waals surface area contributed by atoms with Gasteiger partial charge in [0, 0.05) is 24.4 Å². The third-order valence-electron chi connectivity index (χ3n) is 5.66. The molecular weight excluding hydrogens is 519 g/mol. The van der Waals surface area contributed by atoms with Gasteiger partial charge in [-0.1, -0.05) is 0 Å². The lowest BCUT2D eigenvalue weighted by atomic mass is 10.0. The minimum atomic E-state index is -4.77. The molecule has 0 N–H and O–H groups in total. The summed E-state index contributed by atoms with van der Waals surface area (Å²) in [6.07, 6.45) is -7.49. The number of furan rings is 1. The number of nitrogens with zero attached hydrogens (tertiary/aromatic N) is 4. The first-order valence-corrected chi connectivity index (χ1v) is 10.6. The molecule has 0 spiro atoms. The smallest absolute Gasteiger partial charge is 0.462 e. The highest BCUT2D eigenvalue weighted by Crippen LogP contribution is 2.42. The molecule has 0 atom stereocenters. The number of aromatic nitrogens is 2. The van der Waals surface area contributed by atoms with Crippen molar-refractivity contribution >= 4 is 22.6 Å². The van der Waals surface area contributed by atoms with Crippen LogP contribution < -0.4 is 19.9 Å². The van der Waals surface area contributed by atoms with E-state index in [2.05, 4.69) is 14.6 Å². The van der Waals surface area contributed by atoms with E-state index >= 15 is 0 Å². The molecule has 1 amide bonds. The van der Waals surface area contributed by atoms with Crippen LogP contribution in [0.5, 0.6) is 11.5 Å². The van der Waals surface area contributed by atoms with Crippen LogP contribution >= 0.6 is 0 Å². The van der Waals surface area contributed by atoms with Crippen LogP contribution in [-0.4, -0.2) is 29.0 Å². The summed E-state index contributed by atoms with van der Waals surface area (Å²) in [5.41, 5.74) is -2.56. The van der Waals surface area contributed by atoms with Gasteiger partial charge in [-0.25, -0.2) is 4.68 Å². The summed E-state index contributed by atoms with van der Waals surface area (Å²) in [5, 5.41) is 13.2. The van der Waals surface area contributed by atoms with E-state index in [1.807, 2.05) is 0 Å². The van der Waals surface area contributed by atoms with E-state index in [-0.39, 0.29) is 45.0 Å². The van der Waals surface area contributed by atoms with Crippen molar-refractivity contribution in [3.05, 3.63) is 70.2 Å². The van der Waals surface area contributed by atoms with Gasteiger partial charge < -0.3 is 18.8 Å². The highest BCUT2D eigenvalue weighted by molar-refractivity contribution is 5.94. The summed E-state index contributed by atoms with van der Waals surface area (Å²) < 4.78 is 81.7. The number of anilines is 1. The number of ether oxygens (including phenoxy) is 2. The van der Waals surface area contributed by atoms with Crippen molar-refractivity contribution in [2.75, 3.05) is 11.9 Å². The number of rotatable bonds is 4. The Kier molecular flexibility index (Phi) is 5.59. The summed E-state index contributed by atoms with van der Waals surface area (Å²) in [7, 11) is 1.31. The molecule has 2 aromatic carbocycles. The molecule has 1 aliphatic heterocycles. The molecule has 0 saturated heterocycles. The Labute approximate surface area is 208 Å². The molecule has 0 radical (unpaired) electrons. The van der Waals surface area contributed by atoms with Crippen LogP contribution in [0, 0.1) is 11.3 Å². The van der Waals surface area contributed by atoms with E-state index < -0.39 is 36.0 Å². The molecule has 3 heterocycles. The summed E-state index contributed by atoms with van der Waals surface area (Å²) >= 11 is 0. The largest absolute Gasteiger partial charge is 0.586 e. The molecule has 14 heteroatoms. The Hall–Kier alpha value is -4.93. The van der Waals surface area contributed by atoms with E-state index in [0.717, 1.165) is 34.0 Å². The molecule has 194 valence electrons. The molecule has 0 saturated carbocycles. The highest BCUT2D eigenvalue weighted by atomic mass is 19.4. The van der Waals surface area contributed by atoms with Gasteiger partial charge in [0.1, 0.15) is 12.2 Å². The second-order valence-electron chi connectivity index (χ2n) is 8.13. The first-order valence-electron chi connectivity index (χ1n) is 10.6. The maximum atomic E-state index is 13.4. The number of halogens is 5. The second-order valence-corrected chi connectivity index (χ2v) is 8.13. The fraction of sp³-hybridized carbons (Fsp3) is 0.167. The number of alkyl halides is 5. The van der Waals surface area contributed by atoms with Crippen molar-refractivity contribution < 1.29 is 40.6 Å². The van der Waals surface area contributed by atoms with Gasteiger partial charge in [0.25, 0.3) is 5.56 Å². The van der Waals surface area contributed by atoms with Crippen molar-refractivity contribution in [3.8, 4) is 28.8 Å². The SMILES string of the molecule is CN(C(=O)Cn1nc(-c2cc(C#N)cc(C(F)(F)F)c2)c2occc2c1=O)c1ccc2c(c1)OC(F)(F)O2. The second kappa shape index (κ2) is 8.58. The lowest BCUT2D eigenvalue weighted by molar-refractivity contribution is -0.286. The standard InChI is InChI=1S/C24H13F5N4O5/c1-32(15-2-3-17-18(9-15)38-24(28,29)37-17)19(34)11-33-22(35)16-4-5-36-21(16)20(31-33)13-6-12(10-30)7-14(8-13)23(25,26)27/h2-9H,11H2,1H3. The monoisotopic (exact) mass is 532 g/mol. The predicted molar refractivity (Wildman–Crippen MR) is 119 cm³/mol. The summed E-state index contributed by atoms with van der Waals surface area (Å²) in [4.78, 5) is 27.0. The van der Waals surface area contributed by atoms with E-state index in [9.17, 15) is 36.8 Å². The number of nitriles is 1. The Morgan fingerprint density at radius 3 is 2.58 bits per heavy atom. The Bertz CT molecular complexity index is 1700. The molecule has 1 aliphatic rings. The summed E-state index contributed by atoms with van der Waals surface area (Å²) in [6, 6.07) is 9.11. The number of hydrogen-bond donors (Lipinski definition) is 0. The van der Waals surface area contributed by atoms with Crippen LogP contribution in [0.2, 0.25) is 0 Å². The normalized spacial score (nSPS) is 13.9. The van der Waals surface area contributed by atoms with Crippen LogP contribution in [0.4, 0.5) is 27.6 Å². The molecule has 0 bridgehead atoms. The van der Waals surface area contributed by atoms with Crippen molar-refractivity contribution in [2.45, 2.75) is 19.0 Å². The Morgan fingerprint density at radius 1 is 1.13 bits per heavy atom. The molecule has 0 fully saturated rings. The molecule has 2 aromatic heterocycles. The maximum Gasteiger partial charge on any atom is 0.586 e. The maximum absolute atomic E-state index is 13.4. The Balaban J connectivity index is 1.53. The number of fused-ring (bicyclic) bond motifs is 2. The topological polar surface area (TPSA) is 111 Å². The van der Waals surface area contributed by atoms with E-state index in [1.54, 1.807) is 6.07 Å². The minimum Gasteiger partial charge on any atom is -0.462 e. The number of likely N-dealkylation sites (N-methyl/N-ethyl adjacent to an activating group) is 1. The first-order chi connectivity index (χ1) is 17.9. The van der Waals surface area contributed by atoms with E-state index in [0.29, 0.717) is 6.07 Å². The lowest BCUT2D eigenvalue weighted by Crippen LogP contribution is -2.35. The minimum absolute atomic E-state index is 0.0633. The van der Waals surface area contributed by atoms with Gasteiger partial charge in [-0.3, -0.25) is 9.59 Å². The number of carbonyl (C=O) groups is 1. The average Bonchev–Trinajstić information content (AvgIpc) is 3.47. The molecular formula is C24H13F5N4O5. The average molecular weight is 532 g/mol. The quantitative estimate of drug-likeness (QED) is 0.355. The fourth-order valence-corrected chi connectivity index (χ4v) is 3.82. The zero-order valence-electron chi connectivity index (χ0n) is 19.0. The van der Waals surface area contributed by atoms with Gasteiger partial charge >= 0.3 is 12.5 Å². The molecule has 4 aromatic rings. The zero-order valence-corrected chi connectivity index (χ0v) is 19.0. The van der Waals surface area contributed by atoms with Crippen LogP contribution in [0.3, 0.4) is 0 Å². The number of benzene rings is 2. The van der Waals surface area contributed by atoms with Crippen molar-refractivity contribution in [1.82, 2.24) is 9.78 Å². The van der Waals surface area contributed by atoms with Gasteiger partial charge in [-0.15, -0.1) is 8.78 Å². The van der Waals surface area contributed by atoms with Crippen LogP contribution in [0.1, 0.15) is 11.1 Å². The van der Waals surface area contributed by atoms with Gasteiger partial charge in [0.05, 0.1) is 28.8 Å². The molecule has 9 nitrogen and oxygen atoms in total. The lowest BCUT2D eigenvalue weighted by Gasteiger charge is -2.18. The van der Waals surface area contributed by atoms with Gasteiger partial charge in [-0.05, 0) is 36.4 Å². The molecule has 5 rings (SSSR count). The van der Waals surface area contributed by atoms with Crippen LogP contribution in [0.25, 0.3) is 22.2 Å². The zero-order chi connectivity index (χ0) is 27.4. The summed E-state index contributed by atoms with van der Waals surface area (Å²) in [6.45, 7) is -0.669. The van der Waals surface area contributed by atoms with Gasteiger partial charge in [0.2, 0.25) is 5.91 Å². The first kappa shape index (κ1) is 24.8. The molecule has 0 aliphatic carbocycles. The third kappa shape index (κ3) is 4.38. The molecule has 0 unspecified atom stereocenters. The van der Waals surface area contributed by atoms with E-state index in [1.165, 1.54) is 25.2 Å². The fourth-order valence-electron chi connectivity index (χ4n) is 3.82. The number of hydrogen-bond acceptors (Lipinski definition) is 7. The van der Waals surface area contributed by atoms with Crippen molar-refractivity contribution in [3.63, 3.8) is 0 Å². The number of carbonyl (C=O) groups excluding carboxylic acids is 1. The van der Waals surface area contributed by atoms with E-state index in [4.69, 9.17) is 4.42 Å². The van der Waals surface area contributed by atoms with Crippen LogP contribution in [0.15, 0.2) is 57.9 Å². The van der Waals surface area contributed by atoms with Crippen molar-refractivity contribution in [2.24, 2.45) is 0 Å². The molecule has 38 heavy (non-hydrogen) atoms. The van der Waals surface area contributed by atoms with Gasteiger partial charge in [-0.2, -0.15) is 23.5 Å². The highest BCUT2D eigenvalue weighted by Gasteiger charge is 2.43. The third-order valence-corrected chi connectivity index (χ3v) is 5.66. The Morgan fingerprint density at radius 2 is 1.87 bits per heavy atom. The summed E-state index contributed by atoms with van der Waals surface area (Å²) in [5.74, 6) is -1.26. The van der Waals surface area contributed by atoms with Gasteiger partial charge in [0.15, 0.2) is 17.1 Å². The van der Waals surface area contributed by atoms with Crippen LogP contribution in [-0.2, 0) is 17.5 Å².